The molecule has 0 unspecified atom stereocenters. The summed E-state index contributed by atoms with van der Waals surface area (Å²) in [5, 5.41) is 9.72. The van der Waals surface area contributed by atoms with Gasteiger partial charge >= 0.3 is 0 Å². The topological polar surface area (TPSA) is 59.1 Å². The van der Waals surface area contributed by atoms with Crippen LogP contribution in [-0.2, 0) is 5.75 Å². The first-order valence-electron chi connectivity index (χ1n) is 6.35. The fourth-order valence-corrected chi connectivity index (χ4v) is 2.77. The van der Waals surface area contributed by atoms with Crippen molar-refractivity contribution in [3.8, 4) is 11.8 Å². The van der Waals surface area contributed by atoms with Crippen LogP contribution >= 0.6 is 11.8 Å². The normalized spacial score (nSPS) is 10.5. The second kappa shape index (κ2) is 5.90. The molecule has 0 radical (unpaired) electrons. The van der Waals surface area contributed by atoms with Crippen molar-refractivity contribution in [2.24, 2.45) is 0 Å². The minimum atomic E-state index is 0.535. The van der Waals surface area contributed by atoms with Crippen LogP contribution in [0.5, 0.6) is 5.75 Å². The summed E-state index contributed by atoms with van der Waals surface area (Å²) in [4.78, 5) is 4.41. The second-order valence-corrected chi connectivity index (χ2v) is 5.31. The summed E-state index contributed by atoms with van der Waals surface area (Å²) in [6, 6.07) is 15.4. The lowest BCUT2D eigenvalue weighted by Crippen LogP contribution is -1.90. The molecule has 0 aliphatic heterocycles. The lowest BCUT2D eigenvalue weighted by Gasteiger charge is -2.04. The fourth-order valence-electron chi connectivity index (χ4n) is 1.99. The third-order valence-electron chi connectivity index (χ3n) is 3.02. The predicted octanol–water partition coefficient (Wildman–Crippen LogP) is 4.00. The third kappa shape index (κ3) is 2.86. The smallest absolute Gasteiger partial charge is 0.257 e. The maximum Gasteiger partial charge on any atom is 0.257 e. The van der Waals surface area contributed by atoms with Gasteiger partial charge in [-0.1, -0.05) is 30.0 Å². The van der Waals surface area contributed by atoms with E-state index in [4.69, 9.17) is 14.4 Å². The number of methoxy groups -OCH3 is 1. The lowest BCUT2D eigenvalue weighted by atomic mass is 10.1. The van der Waals surface area contributed by atoms with Crippen LogP contribution in [0.3, 0.4) is 0 Å². The van der Waals surface area contributed by atoms with Crippen molar-refractivity contribution in [1.29, 1.82) is 5.26 Å². The number of ether oxygens (including phenoxy) is 1. The molecule has 1 heterocycles. The van der Waals surface area contributed by atoms with E-state index in [0.29, 0.717) is 22.3 Å². The number of benzene rings is 2. The Kier molecular flexibility index (Phi) is 3.80. The van der Waals surface area contributed by atoms with Gasteiger partial charge in [0.05, 0.1) is 12.7 Å². The molecule has 5 heteroatoms. The van der Waals surface area contributed by atoms with Crippen LogP contribution in [0.1, 0.15) is 11.1 Å². The second-order valence-electron chi connectivity index (χ2n) is 4.38. The molecule has 0 N–H and O–H groups in total. The number of aromatic nitrogens is 1. The zero-order valence-electron chi connectivity index (χ0n) is 11.4. The van der Waals surface area contributed by atoms with Crippen molar-refractivity contribution in [2.45, 2.75) is 11.0 Å². The molecule has 21 heavy (non-hydrogen) atoms. The zero-order valence-corrected chi connectivity index (χ0v) is 12.2. The molecule has 0 aliphatic rings. The van der Waals surface area contributed by atoms with E-state index < -0.39 is 0 Å². The van der Waals surface area contributed by atoms with Crippen molar-refractivity contribution in [3.05, 3.63) is 53.6 Å². The molecule has 0 saturated carbocycles. The van der Waals surface area contributed by atoms with Crippen molar-refractivity contribution in [2.75, 3.05) is 7.11 Å². The molecule has 2 aromatic carbocycles. The van der Waals surface area contributed by atoms with Crippen molar-refractivity contribution < 1.29 is 9.15 Å². The van der Waals surface area contributed by atoms with Gasteiger partial charge in [0.1, 0.15) is 17.3 Å². The van der Waals surface area contributed by atoms with Gasteiger partial charge in [-0.2, -0.15) is 5.26 Å². The molecule has 0 saturated heterocycles. The van der Waals surface area contributed by atoms with E-state index >= 15 is 0 Å². The molecule has 0 aliphatic carbocycles. The average molecular weight is 296 g/mol. The van der Waals surface area contributed by atoms with Gasteiger partial charge in [-0.15, -0.1) is 0 Å². The maximum absolute atomic E-state index is 9.09. The van der Waals surface area contributed by atoms with Crippen LogP contribution in [0.15, 0.2) is 52.1 Å². The molecule has 0 amide bonds. The van der Waals surface area contributed by atoms with Gasteiger partial charge in [-0.3, -0.25) is 0 Å². The van der Waals surface area contributed by atoms with E-state index in [9.17, 15) is 0 Å². The number of hydrogen-bond acceptors (Lipinski definition) is 5. The van der Waals surface area contributed by atoms with Gasteiger partial charge in [0.2, 0.25) is 0 Å². The van der Waals surface area contributed by atoms with Crippen LogP contribution < -0.4 is 4.74 Å². The summed E-state index contributed by atoms with van der Waals surface area (Å²) in [6.07, 6.45) is 0. The Hall–Kier alpha value is -2.45. The van der Waals surface area contributed by atoms with Crippen LogP contribution in [-0.4, -0.2) is 12.1 Å². The Balaban J connectivity index is 1.77. The number of thioether (sulfide) groups is 1. The predicted molar refractivity (Wildman–Crippen MR) is 81.3 cm³/mol. The zero-order chi connectivity index (χ0) is 14.7. The minimum absolute atomic E-state index is 0.535. The largest absolute Gasteiger partial charge is 0.495 e. The monoisotopic (exact) mass is 296 g/mol. The molecule has 0 bridgehead atoms. The van der Waals surface area contributed by atoms with Gasteiger partial charge in [-0.25, -0.2) is 4.98 Å². The molecule has 0 fully saturated rings. The Labute approximate surface area is 126 Å². The van der Waals surface area contributed by atoms with Gasteiger partial charge < -0.3 is 9.15 Å². The number of rotatable bonds is 4. The number of para-hydroxylation sites is 2. The van der Waals surface area contributed by atoms with Crippen molar-refractivity contribution >= 4 is 22.9 Å². The summed E-state index contributed by atoms with van der Waals surface area (Å²) < 4.78 is 10.8. The first kappa shape index (κ1) is 13.5. The number of hydrogen-bond donors (Lipinski definition) is 0. The fraction of sp³-hybridized carbons (Fsp3) is 0.125. The molecule has 4 nitrogen and oxygen atoms in total. The van der Waals surface area contributed by atoms with Gasteiger partial charge in [-0.05, 0) is 29.8 Å². The molecule has 0 atom stereocenters. The first-order chi connectivity index (χ1) is 10.3. The number of nitrogens with zero attached hydrogens (tertiary/aromatic N) is 2. The average Bonchev–Trinajstić information content (AvgIpc) is 2.95. The SMILES string of the molecule is COc1ccc(CSc2nc3ccccc3o2)cc1C#N. The Morgan fingerprint density at radius 3 is 2.90 bits per heavy atom. The van der Waals surface area contributed by atoms with Gasteiger partial charge in [0.15, 0.2) is 5.58 Å². The Bertz CT molecular complexity index is 788. The maximum atomic E-state index is 9.09. The first-order valence-corrected chi connectivity index (χ1v) is 7.34. The molecule has 104 valence electrons. The van der Waals surface area contributed by atoms with E-state index in [1.54, 1.807) is 13.2 Å². The third-order valence-corrected chi connectivity index (χ3v) is 3.92. The molecule has 3 aromatic rings. The van der Waals surface area contributed by atoms with E-state index in [1.165, 1.54) is 11.8 Å². The molecule has 0 spiro atoms. The Morgan fingerprint density at radius 2 is 2.14 bits per heavy atom. The highest BCUT2D eigenvalue weighted by Crippen LogP contribution is 2.27. The van der Waals surface area contributed by atoms with Crippen LogP contribution in [0, 0.1) is 11.3 Å². The summed E-state index contributed by atoms with van der Waals surface area (Å²) >= 11 is 1.50. The number of nitriles is 1. The van der Waals surface area contributed by atoms with E-state index in [2.05, 4.69) is 11.1 Å². The standard InChI is InChI=1S/C16H12N2O2S/c1-19-14-7-6-11(8-12(14)9-17)10-21-16-18-13-4-2-3-5-15(13)20-16/h2-8H,10H2,1H3. The highest BCUT2D eigenvalue weighted by molar-refractivity contribution is 7.98. The van der Waals surface area contributed by atoms with Crippen molar-refractivity contribution in [3.63, 3.8) is 0 Å². The molecule has 3 rings (SSSR count). The summed E-state index contributed by atoms with van der Waals surface area (Å²) in [6.45, 7) is 0. The lowest BCUT2D eigenvalue weighted by molar-refractivity contribution is 0.413. The molecular weight excluding hydrogens is 284 g/mol. The van der Waals surface area contributed by atoms with E-state index in [1.807, 2.05) is 36.4 Å². The van der Waals surface area contributed by atoms with Crippen LogP contribution in [0.25, 0.3) is 11.1 Å². The highest BCUT2D eigenvalue weighted by atomic mass is 32.2. The highest BCUT2D eigenvalue weighted by Gasteiger charge is 2.08. The van der Waals surface area contributed by atoms with E-state index in [0.717, 1.165) is 16.7 Å². The summed E-state index contributed by atoms with van der Waals surface area (Å²) in [7, 11) is 1.56. The van der Waals surface area contributed by atoms with Gasteiger partial charge in [0.25, 0.3) is 5.22 Å². The quantitative estimate of drug-likeness (QED) is 0.681. The van der Waals surface area contributed by atoms with Crippen molar-refractivity contribution in [1.82, 2.24) is 4.98 Å². The molecule has 1 aromatic heterocycles. The Morgan fingerprint density at radius 1 is 1.29 bits per heavy atom. The minimum Gasteiger partial charge on any atom is -0.495 e. The number of fused-ring (bicyclic) bond motifs is 1. The van der Waals surface area contributed by atoms with Gasteiger partial charge in [0, 0.05) is 5.75 Å². The van der Waals surface area contributed by atoms with E-state index in [-0.39, 0.29) is 0 Å². The van der Waals surface area contributed by atoms with Crippen LogP contribution in [0.2, 0.25) is 0 Å². The molecular formula is C16H12N2O2S. The summed E-state index contributed by atoms with van der Waals surface area (Å²) in [5.41, 5.74) is 3.20. The summed E-state index contributed by atoms with van der Waals surface area (Å²) in [5.74, 6) is 1.28. The van der Waals surface area contributed by atoms with Crippen LogP contribution in [0.4, 0.5) is 0 Å². The number of oxazole rings is 1.